The van der Waals surface area contributed by atoms with Gasteiger partial charge in [0.05, 0.1) is 70.2 Å². The van der Waals surface area contributed by atoms with E-state index in [1.807, 2.05) is 163 Å². The topological polar surface area (TPSA) is 194 Å². The molecule has 7 heterocycles. The predicted molar refractivity (Wildman–Crippen MR) is 261 cm³/mol. The van der Waals surface area contributed by atoms with Gasteiger partial charge >= 0.3 is 0 Å². The van der Waals surface area contributed by atoms with Gasteiger partial charge in [-0.2, -0.15) is 0 Å². The van der Waals surface area contributed by atoms with E-state index in [-0.39, 0.29) is 54.8 Å². The van der Waals surface area contributed by atoms with Crippen molar-refractivity contribution in [2.75, 3.05) is 0 Å². The Morgan fingerprint density at radius 1 is 0.435 bits per heavy atom. The molecule has 354 valence electrons. The molecule has 3 atom stereocenters. The number of aromatic nitrogens is 12. The molecule has 0 aliphatic carbocycles. The number of nitrogens with zero attached hydrogens (tertiary/aromatic N) is 12. The number of para-hydroxylation sites is 6. The van der Waals surface area contributed by atoms with Crippen molar-refractivity contribution >= 4 is 50.8 Å². The normalized spacial score (nSPS) is 17.0. The van der Waals surface area contributed by atoms with Crippen LogP contribution >= 0.6 is 0 Å². The van der Waals surface area contributed by atoms with E-state index in [4.69, 9.17) is 15.0 Å². The van der Waals surface area contributed by atoms with Gasteiger partial charge in [0, 0.05) is 17.1 Å². The fraction of sp³-hybridized carbons (Fsp3) is 0.353. The molecule has 18 nitrogen and oxygen atoms in total. The SMILES string of the molecule is Cc1c2nc(n1Cn1cnc3ccccc31)[C@H](C(C)C)NC(=O)c1nc(n(Cn3cnc4ccccc43)c1C)[C@H](C(C)C)NC(=O)c1nc(n(Cn3cnc4ccccc43)c1C)[C@H](C(C)C)NC2=O. The maximum atomic E-state index is 15.0. The summed E-state index contributed by atoms with van der Waals surface area (Å²) in [5.41, 5.74) is 7.59. The summed E-state index contributed by atoms with van der Waals surface area (Å²) in [4.78, 5) is 74.4. The number of hydrogen-bond donors (Lipinski definition) is 3. The van der Waals surface area contributed by atoms with Gasteiger partial charge in [0.1, 0.15) is 54.6 Å². The first kappa shape index (κ1) is 44.9. The van der Waals surface area contributed by atoms with Crippen molar-refractivity contribution < 1.29 is 14.4 Å². The number of nitrogens with one attached hydrogen (secondary N) is 3. The minimum Gasteiger partial charge on any atom is -0.340 e. The Morgan fingerprint density at radius 2 is 0.696 bits per heavy atom. The lowest BCUT2D eigenvalue weighted by Gasteiger charge is -2.24. The van der Waals surface area contributed by atoms with Crippen molar-refractivity contribution in [3.05, 3.63) is 143 Å². The smallest absolute Gasteiger partial charge is 0.272 e. The minimum atomic E-state index is -0.674. The third-order valence-electron chi connectivity index (χ3n) is 13.6. The quantitative estimate of drug-likeness (QED) is 0.132. The first-order valence-corrected chi connectivity index (χ1v) is 23.5. The van der Waals surface area contributed by atoms with Crippen LogP contribution < -0.4 is 16.0 Å². The Labute approximate surface area is 398 Å². The number of carbonyl (C=O) groups excluding carboxylic acids is 3. The summed E-state index contributed by atoms with van der Waals surface area (Å²) < 4.78 is 12.0. The first-order chi connectivity index (χ1) is 33.2. The molecule has 10 rings (SSSR count). The van der Waals surface area contributed by atoms with Gasteiger partial charge in [-0.3, -0.25) is 14.4 Å². The third kappa shape index (κ3) is 7.92. The van der Waals surface area contributed by atoms with Gasteiger partial charge in [-0.05, 0) is 74.9 Å². The van der Waals surface area contributed by atoms with Gasteiger partial charge in [-0.15, -0.1) is 0 Å². The number of fused-ring (bicyclic) bond motifs is 9. The highest BCUT2D eigenvalue weighted by Gasteiger charge is 2.36. The maximum absolute atomic E-state index is 15.0. The Kier molecular flexibility index (Phi) is 11.5. The molecule has 0 unspecified atom stereocenters. The van der Waals surface area contributed by atoms with E-state index in [9.17, 15) is 14.4 Å². The molecule has 18 heteroatoms. The molecule has 0 radical (unpaired) electrons. The molecule has 0 fully saturated rings. The van der Waals surface area contributed by atoms with Crippen LogP contribution in [0.3, 0.4) is 0 Å². The van der Waals surface area contributed by atoms with Gasteiger partial charge in [-0.25, -0.2) is 29.9 Å². The summed E-state index contributed by atoms with van der Waals surface area (Å²) in [5, 5.41) is 9.94. The molecule has 0 saturated carbocycles. The second-order valence-electron chi connectivity index (χ2n) is 19.1. The van der Waals surface area contributed by atoms with Gasteiger partial charge < -0.3 is 43.4 Å². The summed E-state index contributed by atoms with van der Waals surface area (Å²) in [5.74, 6) is -0.319. The van der Waals surface area contributed by atoms with Gasteiger partial charge in [0.15, 0.2) is 0 Å². The molecular weight excluding hydrogens is 871 g/mol. The lowest BCUT2D eigenvalue weighted by Crippen LogP contribution is -2.36. The fourth-order valence-electron chi connectivity index (χ4n) is 9.60. The highest BCUT2D eigenvalue weighted by Crippen LogP contribution is 2.32. The largest absolute Gasteiger partial charge is 0.340 e. The average molecular weight is 928 g/mol. The number of carbonyl (C=O) groups is 3. The van der Waals surface area contributed by atoms with E-state index in [2.05, 4.69) is 30.9 Å². The van der Waals surface area contributed by atoms with Gasteiger partial charge in [0.25, 0.3) is 17.7 Å². The van der Waals surface area contributed by atoms with Crippen molar-refractivity contribution in [1.82, 2.24) is 73.3 Å². The number of rotatable bonds is 9. The Balaban J connectivity index is 1.18. The number of benzene rings is 3. The minimum absolute atomic E-state index is 0.186. The summed E-state index contributed by atoms with van der Waals surface area (Å²) in [6, 6.07) is 21.6. The van der Waals surface area contributed by atoms with Crippen molar-refractivity contribution in [2.45, 2.75) is 100 Å². The molecular formula is C51H57N15O3. The predicted octanol–water partition coefficient (Wildman–Crippen LogP) is 7.46. The molecule has 1 aliphatic rings. The zero-order valence-electron chi connectivity index (χ0n) is 40.3. The number of hydrogen-bond acceptors (Lipinski definition) is 9. The van der Waals surface area contributed by atoms with Crippen molar-refractivity contribution in [2.24, 2.45) is 17.8 Å². The van der Waals surface area contributed by atoms with Crippen LogP contribution in [0, 0.1) is 38.5 Å². The van der Waals surface area contributed by atoms with Crippen molar-refractivity contribution in [3.8, 4) is 0 Å². The monoisotopic (exact) mass is 927 g/mol. The van der Waals surface area contributed by atoms with Crippen LogP contribution in [0.25, 0.3) is 33.1 Å². The maximum Gasteiger partial charge on any atom is 0.272 e. The molecule has 9 aromatic rings. The summed E-state index contributed by atoms with van der Waals surface area (Å²) >= 11 is 0. The van der Waals surface area contributed by atoms with E-state index in [1.54, 1.807) is 19.0 Å². The fourth-order valence-corrected chi connectivity index (χ4v) is 9.60. The van der Waals surface area contributed by atoms with Crippen LogP contribution in [-0.4, -0.2) is 75.0 Å². The average Bonchev–Trinajstić information content (AvgIpc) is 4.20. The van der Waals surface area contributed by atoms with Crippen LogP contribution in [0.4, 0.5) is 0 Å². The van der Waals surface area contributed by atoms with Gasteiger partial charge in [-0.1, -0.05) is 77.9 Å². The van der Waals surface area contributed by atoms with Crippen LogP contribution in [0.15, 0.2) is 91.8 Å². The standard InChI is InChI=1S/C51H57N15O3/c1-28(2)40-46-55-44(31(7)64(46)25-61-22-52-34-16-10-13-19-37(34)61)50(68)59-42(30(5)6)48-57-45(33(9)66(48)27-63-24-54-36-18-12-15-21-39(36)63)51(69)60-41(29(3)4)47-56-43(49(67)58-40)32(8)65(47)26-62-23-53-35-17-11-14-20-38(35)62/h10-24,28-30,40-42H,25-27H2,1-9H3,(H,58,67)(H,59,68)(H,60,69)/t40-,41-,42-/m0/s1. The van der Waals surface area contributed by atoms with Crippen LogP contribution in [0.2, 0.25) is 0 Å². The molecule has 1 aliphatic heterocycles. The van der Waals surface area contributed by atoms with E-state index in [0.29, 0.717) is 34.6 Å². The Bertz CT molecular complexity index is 3070. The Hall–Kier alpha value is -7.89. The highest BCUT2D eigenvalue weighted by molar-refractivity contribution is 5.96. The van der Waals surface area contributed by atoms with E-state index < -0.39 is 35.8 Å². The van der Waals surface area contributed by atoms with Crippen LogP contribution in [-0.2, 0) is 20.0 Å². The molecule has 0 saturated heterocycles. The summed E-state index contributed by atoms with van der Waals surface area (Å²) in [7, 11) is 0. The van der Waals surface area contributed by atoms with Gasteiger partial charge in [0.2, 0.25) is 0 Å². The van der Waals surface area contributed by atoms with Crippen LogP contribution in [0.1, 0.15) is 126 Å². The van der Waals surface area contributed by atoms with E-state index >= 15 is 0 Å². The zero-order valence-corrected chi connectivity index (χ0v) is 40.3. The Morgan fingerprint density at radius 3 is 0.957 bits per heavy atom. The molecule has 6 aromatic heterocycles. The molecule has 6 bridgehead atoms. The summed E-state index contributed by atoms with van der Waals surface area (Å²) in [6.45, 7) is 18.5. The molecule has 0 spiro atoms. The molecule has 69 heavy (non-hydrogen) atoms. The lowest BCUT2D eigenvalue weighted by molar-refractivity contribution is 0.0912. The zero-order chi connectivity index (χ0) is 48.4. The second kappa shape index (κ2) is 17.6. The lowest BCUT2D eigenvalue weighted by atomic mass is 10.0. The molecule has 3 aromatic carbocycles. The molecule has 3 N–H and O–H groups in total. The highest BCUT2D eigenvalue weighted by atomic mass is 16.2. The summed E-state index contributed by atoms with van der Waals surface area (Å²) in [6.07, 6.45) is 5.33. The van der Waals surface area contributed by atoms with Crippen molar-refractivity contribution in [3.63, 3.8) is 0 Å². The number of imidazole rings is 6. The number of amides is 3. The van der Waals surface area contributed by atoms with Crippen LogP contribution in [0.5, 0.6) is 0 Å². The third-order valence-corrected chi connectivity index (χ3v) is 13.6. The second-order valence-corrected chi connectivity index (χ2v) is 19.1. The molecule has 3 amide bonds. The van der Waals surface area contributed by atoms with E-state index in [0.717, 1.165) is 33.1 Å². The van der Waals surface area contributed by atoms with E-state index in [1.165, 1.54) is 0 Å². The van der Waals surface area contributed by atoms with Crippen molar-refractivity contribution in [1.29, 1.82) is 0 Å². The first-order valence-electron chi connectivity index (χ1n) is 23.5.